The van der Waals surface area contributed by atoms with Gasteiger partial charge in [-0.2, -0.15) is 0 Å². The van der Waals surface area contributed by atoms with Crippen LogP contribution >= 0.6 is 0 Å². The fraction of sp³-hybridized carbons (Fsp3) is 0.0909. The Morgan fingerprint density at radius 2 is 1.18 bits per heavy atom. The molecule has 11 rings (SSSR count). The third kappa shape index (κ3) is 4.94. The van der Waals surface area contributed by atoms with Gasteiger partial charge in [-0.05, 0) is 95.6 Å². The van der Waals surface area contributed by atoms with E-state index in [1.54, 1.807) is 0 Å². The highest BCUT2D eigenvalue weighted by atomic mass is 16.3. The van der Waals surface area contributed by atoms with Crippen LogP contribution in [0.5, 0.6) is 0 Å². The van der Waals surface area contributed by atoms with Crippen molar-refractivity contribution in [2.45, 2.75) is 31.6 Å². The zero-order chi connectivity index (χ0) is 37.4. The van der Waals surface area contributed by atoms with Crippen molar-refractivity contribution in [2.75, 3.05) is 0 Å². The number of allylic oxidation sites excluding steroid dienone is 4. The Kier molecular flexibility index (Phi) is 7.41. The highest BCUT2D eigenvalue weighted by Crippen LogP contribution is 2.57. The molecule has 8 aromatic carbocycles. The summed E-state index contributed by atoms with van der Waals surface area (Å²) >= 11 is 0. The van der Waals surface area contributed by atoms with E-state index >= 15 is 0 Å². The van der Waals surface area contributed by atoms with Gasteiger partial charge < -0.3 is 4.42 Å². The van der Waals surface area contributed by atoms with Gasteiger partial charge in [0, 0.05) is 27.5 Å². The van der Waals surface area contributed by atoms with Gasteiger partial charge in [0.05, 0.1) is 0 Å². The van der Waals surface area contributed by atoms with Crippen molar-refractivity contribution < 1.29 is 4.42 Å². The predicted molar refractivity (Wildman–Crippen MR) is 238 cm³/mol. The summed E-state index contributed by atoms with van der Waals surface area (Å²) in [4.78, 5) is 0. The van der Waals surface area contributed by atoms with Crippen molar-refractivity contribution >= 4 is 59.8 Å². The molecule has 2 aliphatic carbocycles. The van der Waals surface area contributed by atoms with Crippen molar-refractivity contribution in [3.05, 3.63) is 210 Å². The van der Waals surface area contributed by atoms with Gasteiger partial charge in [-0.3, -0.25) is 0 Å². The topological polar surface area (TPSA) is 13.1 Å². The summed E-state index contributed by atoms with van der Waals surface area (Å²) in [5, 5.41) is 9.92. The predicted octanol–water partition coefficient (Wildman–Crippen LogP) is 15.3. The summed E-state index contributed by atoms with van der Waals surface area (Å²) in [5.41, 5.74) is 13.5. The molecule has 1 atom stereocenters. The molecule has 2 aliphatic rings. The first-order chi connectivity index (χ1) is 27.6. The van der Waals surface area contributed by atoms with Gasteiger partial charge in [0.2, 0.25) is 0 Å². The minimum atomic E-state index is -0.219. The molecule has 1 heterocycles. The van der Waals surface area contributed by atoms with Crippen LogP contribution in [-0.2, 0) is 5.41 Å². The number of para-hydroxylation sites is 1. The molecule has 0 spiro atoms. The standard InChI is InChI=1S/C55H40O/c1-55(2)49-32-31-38(34-48(49)51-45-26-11-12-27-46(45)54-52(53(51)55)47-28-13-14-30-50(47)56-54)42-22-6-4-3-5-21-41(43-24-9-10-25-44(42)43)37-20-15-19-36(33-37)40-29-16-18-35-17-7-8-23-39(35)40/h3-32,34,36H,33H2,1-2H3. The van der Waals surface area contributed by atoms with Gasteiger partial charge in [0.1, 0.15) is 11.2 Å². The average Bonchev–Trinajstić information content (AvgIpc) is 3.74. The minimum Gasteiger partial charge on any atom is -0.455 e. The monoisotopic (exact) mass is 716 g/mol. The fourth-order valence-electron chi connectivity index (χ4n) is 9.91. The average molecular weight is 717 g/mol. The molecule has 0 saturated heterocycles. The Balaban J connectivity index is 1.12. The molecule has 0 radical (unpaired) electrons. The first kappa shape index (κ1) is 32.7. The molecular formula is C55H40O. The molecule has 0 aliphatic heterocycles. The summed E-state index contributed by atoms with van der Waals surface area (Å²) in [6.45, 7) is 4.77. The molecule has 0 fully saturated rings. The lowest BCUT2D eigenvalue weighted by Crippen LogP contribution is -2.15. The first-order valence-corrected chi connectivity index (χ1v) is 19.8. The Bertz CT molecular complexity index is 3200. The SMILES string of the molecule is CC1(C)c2ccc(-c3ccccccc(C4=CC=CC(c5cccc6ccccc56)C4)c4ccccc34)cc2-c2c1c1c3ccccc3oc1c1ccccc21. The summed E-state index contributed by atoms with van der Waals surface area (Å²) in [6, 6.07) is 62.3. The quantitative estimate of drug-likeness (QED) is 0.177. The van der Waals surface area contributed by atoms with E-state index in [1.807, 2.05) is 0 Å². The van der Waals surface area contributed by atoms with Gasteiger partial charge in [0.15, 0.2) is 0 Å². The molecule has 0 N–H and O–H groups in total. The highest BCUT2D eigenvalue weighted by molar-refractivity contribution is 6.23. The Morgan fingerprint density at radius 3 is 2.00 bits per heavy atom. The minimum absolute atomic E-state index is 0.219. The second-order valence-electron chi connectivity index (χ2n) is 15.9. The van der Waals surface area contributed by atoms with Crippen molar-refractivity contribution in [2.24, 2.45) is 0 Å². The maximum absolute atomic E-state index is 6.66. The van der Waals surface area contributed by atoms with Crippen LogP contribution in [0.2, 0.25) is 0 Å². The molecule has 56 heavy (non-hydrogen) atoms. The third-order valence-corrected chi connectivity index (χ3v) is 12.5. The fourth-order valence-corrected chi connectivity index (χ4v) is 9.91. The van der Waals surface area contributed by atoms with Crippen LogP contribution < -0.4 is 0 Å². The van der Waals surface area contributed by atoms with E-state index in [0.29, 0.717) is 0 Å². The number of rotatable bonds is 3. The Hall–Kier alpha value is -6.70. The van der Waals surface area contributed by atoms with Crippen molar-refractivity contribution in [1.29, 1.82) is 0 Å². The zero-order valence-corrected chi connectivity index (χ0v) is 31.6. The highest BCUT2D eigenvalue weighted by Gasteiger charge is 2.40. The summed E-state index contributed by atoms with van der Waals surface area (Å²) in [6.07, 6.45) is 7.89. The van der Waals surface area contributed by atoms with Crippen LogP contribution in [0.1, 0.15) is 48.4 Å². The second-order valence-corrected chi connectivity index (χ2v) is 15.9. The second kappa shape index (κ2) is 12.7. The molecule has 1 heteroatoms. The summed E-state index contributed by atoms with van der Waals surface area (Å²) < 4.78 is 6.66. The largest absolute Gasteiger partial charge is 0.455 e. The number of benzene rings is 7. The summed E-state index contributed by atoms with van der Waals surface area (Å²) in [7, 11) is 0. The maximum Gasteiger partial charge on any atom is 0.143 e. The molecule has 1 nitrogen and oxygen atoms in total. The number of hydrogen-bond donors (Lipinski definition) is 0. The molecule has 1 aromatic heterocycles. The van der Waals surface area contributed by atoms with Crippen LogP contribution in [0, 0.1) is 0 Å². The van der Waals surface area contributed by atoms with Crippen LogP contribution in [0.25, 0.3) is 82.1 Å². The van der Waals surface area contributed by atoms with Crippen molar-refractivity contribution in [3.63, 3.8) is 0 Å². The van der Waals surface area contributed by atoms with Gasteiger partial charge in [0.25, 0.3) is 0 Å². The smallest absolute Gasteiger partial charge is 0.143 e. The zero-order valence-electron chi connectivity index (χ0n) is 31.6. The number of hydrogen-bond acceptors (Lipinski definition) is 1. The van der Waals surface area contributed by atoms with Gasteiger partial charge in [-0.15, -0.1) is 0 Å². The summed E-state index contributed by atoms with van der Waals surface area (Å²) in [5.74, 6) is 0.289. The Morgan fingerprint density at radius 1 is 0.536 bits per heavy atom. The number of furan rings is 1. The lowest BCUT2D eigenvalue weighted by molar-refractivity contribution is 0.659. The molecular weight excluding hydrogens is 677 g/mol. The lowest BCUT2D eigenvalue weighted by atomic mass is 9.79. The van der Waals surface area contributed by atoms with E-state index in [1.165, 1.54) is 87.8 Å². The molecule has 1 unspecified atom stereocenters. The van der Waals surface area contributed by atoms with Crippen LogP contribution in [0.4, 0.5) is 0 Å². The van der Waals surface area contributed by atoms with Crippen molar-refractivity contribution in [1.82, 2.24) is 0 Å². The van der Waals surface area contributed by atoms with E-state index in [-0.39, 0.29) is 11.3 Å². The van der Waals surface area contributed by atoms with Gasteiger partial charge >= 0.3 is 0 Å². The molecule has 9 aromatic rings. The first-order valence-electron chi connectivity index (χ1n) is 19.8. The van der Waals surface area contributed by atoms with Crippen LogP contribution in [0.15, 0.2) is 193 Å². The van der Waals surface area contributed by atoms with Gasteiger partial charge in [-0.1, -0.05) is 190 Å². The van der Waals surface area contributed by atoms with E-state index in [9.17, 15) is 0 Å². The van der Waals surface area contributed by atoms with E-state index in [2.05, 4.69) is 202 Å². The lowest BCUT2D eigenvalue weighted by Gasteiger charge is -2.23. The Labute approximate surface area is 327 Å². The molecule has 266 valence electrons. The molecule has 0 saturated carbocycles. The molecule has 0 bridgehead atoms. The van der Waals surface area contributed by atoms with Gasteiger partial charge in [-0.25, -0.2) is 0 Å². The van der Waals surface area contributed by atoms with Crippen LogP contribution in [0.3, 0.4) is 0 Å². The maximum atomic E-state index is 6.66. The number of fused-ring (bicyclic) bond motifs is 12. The third-order valence-electron chi connectivity index (χ3n) is 12.5. The van der Waals surface area contributed by atoms with Crippen LogP contribution in [-0.4, -0.2) is 0 Å². The van der Waals surface area contributed by atoms with E-state index in [0.717, 1.165) is 23.0 Å². The van der Waals surface area contributed by atoms with Crippen molar-refractivity contribution in [3.8, 4) is 22.3 Å². The van der Waals surface area contributed by atoms with E-state index < -0.39 is 0 Å². The molecule has 0 amide bonds. The van der Waals surface area contributed by atoms with E-state index in [4.69, 9.17) is 4.42 Å². The normalized spacial score (nSPS) is 15.6.